The highest BCUT2D eigenvalue weighted by atomic mass is 16.2. The Morgan fingerprint density at radius 3 is 2.94 bits per heavy atom. The molecule has 92 valence electrons. The predicted molar refractivity (Wildman–Crippen MR) is 67.3 cm³/mol. The van der Waals surface area contributed by atoms with Crippen molar-refractivity contribution < 1.29 is 4.79 Å². The number of hydrogen-bond acceptors (Lipinski definition) is 2. The molecule has 3 heteroatoms. The van der Waals surface area contributed by atoms with Crippen molar-refractivity contribution in [3.8, 4) is 0 Å². The molecule has 1 rings (SSSR count). The Morgan fingerprint density at radius 1 is 1.62 bits per heavy atom. The second-order valence-electron chi connectivity index (χ2n) is 4.71. The quantitative estimate of drug-likeness (QED) is 0.722. The maximum atomic E-state index is 12.2. The van der Waals surface area contributed by atoms with E-state index in [9.17, 15) is 4.79 Å². The Labute approximate surface area is 98.9 Å². The lowest BCUT2D eigenvalue weighted by Gasteiger charge is -2.31. The summed E-state index contributed by atoms with van der Waals surface area (Å²) in [5.41, 5.74) is 0. The van der Waals surface area contributed by atoms with Gasteiger partial charge in [-0.3, -0.25) is 4.79 Å². The largest absolute Gasteiger partial charge is 0.338 e. The van der Waals surface area contributed by atoms with Crippen LogP contribution in [0.3, 0.4) is 0 Å². The SMILES string of the molecule is C=CCN(CCC)C(=O)C1CC(C)CCN1. The zero-order chi connectivity index (χ0) is 12.0. The summed E-state index contributed by atoms with van der Waals surface area (Å²) in [4.78, 5) is 14.1. The Hall–Kier alpha value is -0.830. The fourth-order valence-electron chi connectivity index (χ4n) is 2.23. The van der Waals surface area contributed by atoms with Gasteiger partial charge in [0.2, 0.25) is 5.91 Å². The molecule has 0 bridgehead atoms. The van der Waals surface area contributed by atoms with Gasteiger partial charge in [0.1, 0.15) is 0 Å². The number of carbonyl (C=O) groups excluding carboxylic acids is 1. The molecule has 1 aliphatic rings. The van der Waals surface area contributed by atoms with Crippen molar-refractivity contribution in [2.24, 2.45) is 5.92 Å². The van der Waals surface area contributed by atoms with E-state index in [0.29, 0.717) is 12.5 Å². The minimum atomic E-state index is 0.0234. The Bertz CT molecular complexity index is 240. The van der Waals surface area contributed by atoms with Crippen LogP contribution in [0, 0.1) is 5.92 Å². The molecule has 0 saturated carbocycles. The molecule has 0 aliphatic carbocycles. The first-order chi connectivity index (χ1) is 7.69. The molecule has 0 aromatic heterocycles. The van der Waals surface area contributed by atoms with Gasteiger partial charge >= 0.3 is 0 Å². The summed E-state index contributed by atoms with van der Waals surface area (Å²) in [5.74, 6) is 0.899. The van der Waals surface area contributed by atoms with Gasteiger partial charge in [-0.25, -0.2) is 0 Å². The molecule has 1 aliphatic heterocycles. The van der Waals surface area contributed by atoms with E-state index in [1.165, 1.54) is 6.42 Å². The molecule has 3 nitrogen and oxygen atoms in total. The van der Waals surface area contributed by atoms with Crippen molar-refractivity contribution in [1.82, 2.24) is 10.2 Å². The highest BCUT2D eigenvalue weighted by Gasteiger charge is 2.27. The van der Waals surface area contributed by atoms with E-state index in [4.69, 9.17) is 0 Å². The lowest BCUT2D eigenvalue weighted by atomic mass is 9.93. The van der Waals surface area contributed by atoms with Crippen LogP contribution >= 0.6 is 0 Å². The normalized spacial score (nSPS) is 25.1. The lowest BCUT2D eigenvalue weighted by Crippen LogP contribution is -2.50. The summed E-state index contributed by atoms with van der Waals surface area (Å²) < 4.78 is 0. The minimum Gasteiger partial charge on any atom is -0.338 e. The van der Waals surface area contributed by atoms with Crippen molar-refractivity contribution in [1.29, 1.82) is 0 Å². The van der Waals surface area contributed by atoms with Gasteiger partial charge in [0.05, 0.1) is 6.04 Å². The summed E-state index contributed by atoms with van der Waals surface area (Å²) in [7, 11) is 0. The fourth-order valence-corrected chi connectivity index (χ4v) is 2.23. The number of hydrogen-bond donors (Lipinski definition) is 1. The first-order valence-electron chi connectivity index (χ1n) is 6.32. The number of nitrogens with zero attached hydrogens (tertiary/aromatic N) is 1. The maximum absolute atomic E-state index is 12.2. The molecule has 1 amide bonds. The first-order valence-corrected chi connectivity index (χ1v) is 6.32. The molecule has 0 spiro atoms. The van der Waals surface area contributed by atoms with Gasteiger partial charge in [0, 0.05) is 13.1 Å². The number of piperidine rings is 1. The summed E-state index contributed by atoms with van der Waals surface area (Å²) in [6.07, 6.45) is 4.96. The molecule has 16 heavy (non-hydrogen) atoms. The number of carbonyl (C=O) groups is 1. The minimum absolute atomic E-state index is 0.0234. The third-order valence-corrected chi connectivity index (χ3v) is 3.12. The van der Waals surface area contributed by atoms with E-state index in [2.05, 4.69) is 25.7 Å². The van der Waals surface area contributed by atoms with Crippen LogP contribution in [0.1, 0.15) is 33.1 Å². The maximum Gasteiger partial charge on any atom is 0.239 e. The van der Waals surface area contributed by atoms with Crippen molar-refractivity contribution in [3.63, 3.8) is 0 Å². The number of rotatable bonds is 5. The van der Waals surface area contributed by atoms with Gasteiger partial charge in [-0.1, -0.05) is 19.9 Å². The van der Waals surface area contributed by atoms with Crippen molar-refractivity contribution in [2.45, 2.75) is 39.2 Å². The van der Waals surface area contributed by atoms with Crippen molar-refractivity contribution in [3.05, 3.63) is 12.7 Å². The number of amides is 1. The smallest absolute Gasteiger partial charge is 0.239 e. The van der Waals surface area contributed by atoms with E-state index >= 15 is 0 Å². The monoisotopic (exact) mass is 224 g/mol. The highest BCUT2D eigenvalue weighted by molar-refractivity contribution is 5.82. The summed E-state index contributed by atoms with van der Waals surface area (Å²) in [6.45, 7) is 10.5. The molecule has 1 N–H and O–H groups in total. The van der Waals surface area contributed by atoms with Crippen LogP contribution in [0.5, 0.6) is 0 Å². The van der Waals surface area contributed by atoms with Gasteiger partial charge < -0.3 is 10.2 Å². The molecule has 1 heterocycles. The van der Waals surface area contributed by atoms with Crippen molar-refractivity contribution >= 4 is 5.91 Å². The van der Waals surface area contributed by atoms with Crippen LogP contribution in [0.4, 0.5) is 0 Å². The standard InChI is InChI=1S/C13H24N2O/c1-4-8-15(9-5-2)13(16)12-10-11(3)6-7-14-12/h4,11-12,14H,1,5-10H2,2-3H3. The van der Waals surface area contributed by atoms with Crippen LogP contribution in [-0.4, -0.2) is 36.5 Å². The van der Waals surface area contributed by atoms with Crippen molar-refractivity contribution in [2.75, 3.05) is 19.6 Å². The van der Waals surface area contributed by atoms with Gasteiger partial charge in [-0.15, -0.1) is 6.58 Å². The van der Waals surface area contributed by atoms with Gasteiger partial charge in [0.15, 0.2) is 0 Å². The Balaban J connectivity index is 2.54. The van der Waals surface area contributed by atoms with E-state index in [1.807, 2.05) is 4.90 Å². The van der Waals surface area contributed by atoms with Gasteiger partial charge in [-0.2, -0.15) is 0 Å². The molecule has 2 unspecified atom stereocenters. The molecule has 0 aromatic rings. The van der Waals surface area contributed by atoms with E-state index in [-0.39, 0.29) is 11.9 Å². The molecule has 0 radical (unpaired) electrons. The molecule has 0 aromatic carbocycles. The zero-order valence-corrected chi connectivity index (χ0v) is 10.5. The predicted octanol–water partition coefficient (Wildman–Crippen LogP) is 1.80. The Kier molecular flexibility index (Phi) is 5.53. The molecule has 1 fully saturated rings. The molecule has 2 atom stereocenters. The summed E-state index contributed by atoms with van der Waals surface area (Å²) >= 11 is 0. The fraction of sp³-hybridized carbons (Fsp3) is 0.769. The topological polar surface area (TPSA) is 32.3 Å². The average Bonchev–Trinajstić information content (AvgIpc) is 2.28. The third-order valence-electron chi connectivity index (χ3n) is 3.12. The van der Waals surface area contributed by atoms with Crippen LogP contribution in [-0.2, 0) is 4.79 Å². The van der Waals surface area contributed by atoms with E-state index < -0.39 is 0 Å². The number of nitrogens with one attached hydrogen (secondary N) is 1. The van der Waals surface area contributed by atoms with Crippen LogP contribution < -0.4 is 5.32 Å². The summed E-state index contributed by atoms with van der Waals surface area (Å²) in [6, 6.07) is 0.0234. The summed E-state index contributed by atoms with van der Waals surface area (Å²) in [5, 5.41) is 3.32. The molecular formula is C13H24N2O. The van der Waals surface area contributed by atoms with Crippen LogP contribution in [0.2, 0.25) is 0 Å². The van der Waals surface area contributed by atoms with Crippen LogP contribution in [0.15, 0.2) is 12.7 Å². The van der Waals surface area contributed by atoms with E-state index in [1.54, 1.807) is 6.08 Å². The highest BCUT2D eigenvalue weighted by Crippen LogP contribution is 2.16. The Morgan fingerprint density at radius 2 is 2.38 bits per heavy atom. The second-order valence-corrected chi connectivity index (χ2v) is 4.71. The lowest BCUT2D eigenvalue weighted by molar-refractivity contribution is -0.133. The first kappa shape index (κ1) is 13.2. The third kappa shape index (κ3) is 3.63. The average molecular weight is 224 g/mol. The molecule has 1 saturated heterocycles. The van der Waals surface area contributed by atoms with Gasteiger partial charge in [0.25, 0.3) is 0 Å². The molecular weight excluding hydrogens is 200 g/mol. The van der Waals surface area contributed by atoms with Gasteiger partial charge in [-0.05, 0) is 31.7 Å². The second kappa shape index (κ2) is 6.69. The zero-order valence-electron chi connectivity index (χ0n) is 10.5. The van der Waals surface area contributed by atoms with Crippen LogP contribution in [0.25, 0.3) is 0 Å². The van der Waals surface area contributed by atoms with E-state index in [0.717, 1.165) is 25.9 Å².